The van der Waals surface area contributed by atoms with E-state index in [1.807, 2.05) is 6.07 Å². The van der Waals surface area contributed by atoms with E-state index in [0.717, 1.165) is 12.1 Å². The molecule has 0 radical (unpaired) electrons. The number of aromatic nitrogens is 2. The third-order valence-electron chi connectivity index (χ3n) is 2.74. The van der Waals surface area contributed by atoms with E-state index in [-0.39, 0.29) is 20.5 Å². The Morgan fingerprint density at radius 2 is 1.86 bits per heavy atom. The van der Waals surface area contributed by atoms with Gasteiger partial charge in [-0.05, 0) is 50.2 Å². The largest absolute Gasteiger partial charge is 0.416 e. The second-order valence-corrected chi connectivity index (χ2v) is 6.60. The van der Waals surface area contributed by atoms with Gasteiger partial charge in [0.2, 0.25) is 0 Å². The maximum atomic E-state index is 12.8. The second-order valence-electron chi connectivity index (χ2n) is 4.08. The fourth-order valence-electron chi connectivity index (χ4n) is 1.79. The van der Waals surface area contributed by atoms with Gasteiger partial charge in [0, 0.05) is 8.95 Å². The van der Waals surface area contributed by atoms with Crippen LogP contribution < -0.4 is 5.73 Å². The van der Waals surface area contributed by atoms with Crippen molar-refractivity contribution in [3.63, 3.8) is 0 Å². The number of nitrogen functional groups attached to an aromatic ring is 1. The summed E-state index contributed by atoms with van der Waals surface area (Å²) in [5.74, 6) is 0.185. The molecule has 2 rings (SSSR count). The number of nitriles is 1. The molecule has 0 aliphatic heterocycles. The van der Waals surface area contributed by atoms with Crippen molar-refractivity contribution < 1.29 is 13.2 Å². The molecule has 22 heavy (non-hydrogen) atoms. The van der Waals surface area contributed by atoms with Crippen LogP contribution in [0.4, 0.5) is 19.0 Å². The lowest BCUT2D eigenvalue weighted by atomic mass is 10.2. The molecule has 0 aliphatic rings. The molecule has 0 unspecified atom stereocenters. The summed E-state index contributed by atoms with van der Waals surface area (Å²) >= 11 is 7.45. The van der Waals surface area contributed by atoms with Gasteiger partial charge in [-0.15, -0.1) is 11.8 Å². The maximum Gasteiger partial charge on any atom is 0.416 e. The Hall–Kier alpha value is -1.18. The van der Waals surface area contributed by atoms with Gasteiger partial charge in [-0.2, -0.15) is 23.5 Å². The molecule has 0 saturated heterocycles. The highest BCUT2D eigenvalue weighted by Crippen LogP contribution is 2.39. The zero-order valence-electron chi connectivity index (χ0n) is 10.9. The third kappa shape index (κ3) is 2.98. The summed E-state index contributed by atoms with van der Waals surface area (Å²) in [5.41, 5.74) is 5.54. The van der Waals surface area contributed by atoms with Crippen LogP contribution in [-0.4, -0.2) is 16.0 Å². The summed E-state index contributed by atoms with van der Waals surface area (Å²) in [6.07, 6.45) is -2.74. The van der Waals surface area contributed by atoms with Crippen molar-refractivity contribution in [2.75, 3.05) is 12.0 Å². The molecule has 0 amide bonds. The van der Waals surface area contributed by atoms with Crippen molar-refractivity contribution in [2.45, 2.75) is 11.1 Å². The van der Waals surface area contributed by atoms with E-state index in [1.165, 1.54) is 16.4 Å². The highest BCUT2D eigenvalue weighted by atomic mass is 79.9. The molecular formula is C12H7Br2F3N4S. The zero-order chi connectivity index (χ0) is 16.7. The summed E-state index contributed by atoms with van der Waals surface area (Å²) < 4.78 is 40.0. The van der Waals surface area contributed by atoms with Crippen LogP contribution in [0.15, 0.2) is 26.0 Å². The topological polar surface area (TPSA) is 67.6 Å². The minimum absolute atomic E-state index is 0.115. The molecule has 0 atom stereocenters. The van der Waals surface area contributed by atoms with Crippen molar-refractivity contribution in [1.82, 2.24) is 9.78 Å². The first-order valence-electron chi connectivity index (χ1n) is 5.60. The van der Waals surface area contributed by atoms with Crippen molar-refractivity contribution in [1.29, 1.82) is 5.26 Å². The minimum Gasteiger partial charge on any atom is -0.383 e. The summed E-state index contributed by atoms with van der Waals surface area (Å²) in [5, 5.41) is 13.1. The van der Waals surface area contributed by atoms with E-state index < -0.39 is 11.7 Å². The molecule has 0 saturated carbocycles. The molecule has 2 aromatic rings. The minimum atomic E-state index is -4.47. The molecule has 1 heterocycles. The van der Waals surface area contributed by atoms with Crippen LogP contribution in [0.3, 0.4) is 0 Å². The lowest BCUT2D eigenvalue weighted by Gasteiger charge is -2.13. The summed E-state index contributed by atoms with van der Waals surface area (Å²) in [4.78, 5) is 0.473. The molecule has 0 fully saturated rings. The Labute approximate surface area is 144 Å². The summed E-state index contributed by atoms with van der Waals surface area (Å²) in [7, 11) is 0. The van der Waals surface area contributed by atoms with Gasteiger partial charge in [0.1, 0.15) is 11.9 Å². The fourth-order valence-corrected chi connectivity index (χ4v) is 3.89. The number of nitrogens with two attached hydrogens (primary N) is 1. The SMILES string of the molecule is CSc1c(C#N)nn(-c2c(Br)cc(C(F)(F)F)cc2Br)c1N. The van der Waals surface area contributed by atoms with Crippen LogP contribution in [0.1, 0.15) is 11.3 Å². The van der Waals surface area contributed by atoms with Crippen LogP contribution in [0.2, 0.25) is 0 Å². The summed E-state index contributed by atoms with van der Waals surface area (Å²) in [6, 6.07) is 3.78. The van der Waals surface area contributed by atoms with Gasteiger partial charge in [0.15, 0.2) is 5.69 Å². The molecule has 2 N–H and O–H groups in total. The molecule has 1 aromatic heterocycles. The first-order valence-corrected chi connectivity index (χ1v) is 8.41. The first kappa shape index (κ1) is 17.2. The number of thioether (sulfide) groups is 1. The van der Waals surface area contributed by atoms with Crippen LogP contribution in [0, 0.1) is 11.3 Å². The maximum absolute atomic E-state index is 12.8. The molecular weight excluding hydrogens is 449 g/mol. The standard InChI is InChI=1S/C12H7Br2F3N4S/c1-22-10-8(4-18)20-21(11(10)19)9-6(13)2-5(3-7(9)14)12(15,16)17/h2-3H,19H2,1H3. The molecule has 0 aliphatic carbocycles. The van der Waals surface area contributed by atoms with E-state index in [2.05, 4.69) is 37.0 Å². The molecule has 4 nitrogen and oxygen atoms in total. The number of anilines is 1. The average molecular weight is 456 g/mol. The van der Waals surface area contributed by atoms with Gasteiger partial charge in [-0.1, -0.05) is 0 Å². The Kier molecular flexibility index (Phi) is 4.79. The van der Waals surface area contributed by atoms with Crippen LogP contribution in [0.5, 0.6) is 0 Å². The Morgan fingerprint density at radius 1 is 1.32 bits per heavy atom. The molecule has 116 valence electrons. The number of hydrogen-bond acceptors (Lipinski definition) is 4. The average Bonchev–Trinajstić information content (AvgIpc) is 2.73. The monoisotopic (exact) mass is 454 g/mol. The van der Waals surface area contributed by atoms with Gasteiger partial charge in [-0.3, -0.25) is 0 Å². The first-order chi connectivity index (χ1) is 10.2. The predicted octanol–water partition coefficient (Wildman–Crippen LogP) is 4.59. The number of alkyl halides is 3. The van der Waals surface area contributed by atoms with Crippen LogP contribution in [-0.2, 0) is 6.18 Å². The van der Waals surface area contributed by atoms with Gasteiger partial charge < -0.3 is 5.73 Å². The Morgan fingerprint density at radius 3 is 2.23 bits per heavy atom. The normalized spacial score (nSPS) is 11.5. The number of benzene rings is 1. The fraction of sp³-hybridized carbons (Fsp3) is 0.167. The third-order valence-corrected chi connectivity index (χ3v) is 4.76. The molecule has 0 bridgehead atoms. The molecule has 1 aromatic carbocycles. The van der Waals surface area contributed by atoms with Crippen molar-refractivity contribution >= 4 is 49.4 Å². The molecule has 0 spiro atoms. The van der Waals surface area contributed by atoms with Crippen LogP contribution >= 0.6 is 43.6 Å². The number of nitrogens with zero attached hydrogens (tertiary/aromatic N) is 3. The lowest BCUT2D eigenvalue weighted by molar-refractivity contribution is -0.137. The van der Waals surface area contributed by atoms with Crippen molar-refractivity contribution in [3.05, 3.63) is 32.3 Å². The van der Waals surface area contributed by atoms with Gasteiger partial charge in [-0.25, -0.2) is 4.68 Å². The van der Waals surface area contributed by atoms with Crippen molar-refractivity contribution in [3.8, 4) is 11.8 Å². The van der Waals surface area contributed by atoms with E-state index in [9.17, 15) is 13.2 Å². The quantitative estimate of drug-likeness (QED) is 0.672. The van der Waals surface area contributed by atoms with E-state index >= 15 is 0 Å². The van der Waals surface area contributed by atoms with E-state index in [4.69, 9.17) is 11.0 Å². The van der Waals surface area contributed by atoms with Gasteiger partial charge >= 0.3 is 6.18 Å². The van der Waals surface area contributed by atoms with Gasteiger partial charge in [0.25, 0.3) is 0 Å². The van der Waals surface area contributed by atoms with Gasteiger partial charge in [0.05, 0.1) is 16.1 Å². The lowest BCUT2D eigenvalue weighted by Crippen LogP contribution is -2.09. The number of rotatable bonds is 2. The number of halogens is 5. The predicted molar refractivity (Wildman–Crippen MR) is 84.9 cm³/mol. The Balaban J connectivity index is 2.70. The van der Waals surface area contributed by atoms with Crippen LogP contribution in [0.25, 0.3) is 5.69 Å². The summed E-state index contributed by atoms with van der Waals surface area (Å²) in [6.45, 7) is 0. The van der Waals surface area contributed by atoms with Crippen molar-refractivity contribution in [2.24, 2.45) is 0 Å². The second kappa shape index (κ2) is 6.14. The van der Waals surface area contributed by atoms with E-state index in [1.54, 1.807) is 6.26 Å². The highest BCUT2D eigenvalue weighted by Gasteiger charge is 2.32. The zero-order valence-corrected chi connectivity index (χ0v) is 14.9. The Bertz CT molecular complexity index is 757. The van der Waals surface area contributed by atoms with E-state index in [0.29, 0.717) is 10.6 Å². The number of hydrogen-bond donors (Lipinski definition) is 1. The smallest absolute Gasteiger partial charge is 0.383 e. The molecule has 10 heteroatoms. The highest BCUT2D eigenvalue weighted by molar-refractivity contribution is 9.11.